The fourth-order valence-corrected chi connectivity index (χ4v) is 3.43. The molecule has 0 heterocycles. The van der Waals surface area contributed by atoms with Crippen LogP contribution in [0.2, 0.25) is 0 Å². The van der Waals surface area contributed by atoms with Crippen molar-refractivity contribution in [2.45, 2.75) is 22.6 Å². The Kier molecular flexibility index (Phi) is 7.88. The zero-order chi connectivity index (χ0) is 15.6. The van der Waals surface area contributed by atoms with Crippen LogP contribution in [0.1, 0.15) is 11.1 Å². The number of hydrogen-bond acceptors (Lipinski definition) is 4. The molecule has 0 unspecified atom stereocenters. The molecular weight excluding hydrogens is 312 g/mol. The van der Waals surface area contributed by atoms with Gasteiger partial charge in [0.05, 0.1) is 13.2 Å². The molecule has 2 aromatic carbocycles. The van der Waals surface area contributed by atoms with E-state index in [-0.39, 0.29) is 13.2 Å². The van der Waals surface area contributed by atoms with Gasteiger partial charge in [-0.25, -0.2) is 0 Å². The van der Waals surface area contributed by atoms with E-state index in [4.69, 9.17) is 10.2 Å². The molecule has 2 aromatic rings. The Bertz CT molecular complexity index is 487. The molecule has 0 atom stereocenters. The van der Waals surface area contributed by atoms with Crippen LogP contribution in [-0.2, 0) is 12.8 Å². The summed E-state index contributed by atoms with van der Waals surface area (Å²) in [7, 11) is 0. The summed E-state index contributed by atoms with van der Waals surface area (Å²) in [5.41, 5.74) is 2.68. The Morgan fingerprint density at radius 1 is 0.591 bits per heavy atom. The maximum atomic E-state index is 8.82. The van der Waals surface area contributed by atoms with Crippen LogP contribution in [0.15, 0.2) is 58.3 Å². The summed E-state index contributed by atoms with van der Waals surface area (Å²) >= 11 is 3.36. The van der Waals surface area contributed by atoms with E-state index in [1.165, 1.54) is 20.9 Å². The fourth-order valence-electron chi connectivity index (χ4n) is 2.12. The van der Waals surface area contributed by atoms with Crippen molar-refractivity contribution in [1.29, 1.82) is 0 Å². The van der Waals surface area contributed by atoms with Gasteiger partial charge in [-0.15, -0.1) is 23.5 Å². The first kappa shape index (κ1) is 17.4. The Hall–Kier alpha value is -0.940. The van der Waals surface area contributed by atoms with Gasteiger partial charge in [0.1, 0.15) is 0 Å². The lowest BCUT2D eigenvalue weighted by Crippen LogP contribution is -1.92. The average Bonchev–Trinajstić information content (AvgIpc) is 2.58. The summed E-state index contributed by atoms with van der Waals surface area (Å²) in [6, 6.07) is 17.2. The van der Waals surface area contributed by atoms with E-state index in [1.54, 1.807) is 23.5 Å². The lowest BCUT2D eigenvalue weighted by Gasteiger charge is -2.05. The monoisotopic (exact) mass is 334 g/mol. The Morgan fingerprint density at radius 2 is 0.955 bits per heavy atom. The van der Waals surface area contributed by atoms with Crippen LogP contribution in [0.4, 0.5) is 0 Å². The van der Waals surface area contributed by atoms with Crippen molar-refractivity contribution in [3.05, 3.63) is 59.7 Å². The van der Waals surface area contributed by atoms with E-state index in [9.17, 15) is 0 Å². The normalized spacial score (nSPS) is 10.8. The molecule has 0 radical (unpaired) electrons. The van der Waals surface area contributed by atoms with Crippen LogP contribution in [0, 0.1) is 0 Å². The van der Waals surface area contributed by atoms with Crippen LogP contribution in [0.3, 0.4) is 0 Å². The van der Waals surface area contributed by atoms with Gasteiger partial charge in [0.25, 0.3) is 0 Å². The predicted octanol–water partition coefficient (Wildman–Crippen LogP) is 3.64. The highest BCUT2D eigenvalue weighted by atomic mass is 32.2. The first-order valence-electron chi connectivity index (χ1n) is 7.47. The summed E-state index contributed by atoms with van der Waals surface area (Å²) < 4.78 is 0. The minimum atomic E-state index is 0.221. The van der Waals surface area contributed by atoms with Crippen molar-refractivity contribution in [2.75, 3.05) is 24.7 Å². The molecule has 0 spiro atoms. The van der Waals surface area contributed by atoms with E-state index in [2.05, 4.69) is 48.5 Å². The van der Waals surface area contributed by atoms with Crippen LogP contribution in [0.25, 0.3) is 0 Å². The van der Waals surface area contributed by atoms with E-state index in [0.29, 0.717) is 0 Å². The van der Waals surface area contributed by atoms with Crippen LogP contribution < -0.4 is 0 Å². The number of aryl methyl sites for hydroxylation is 2. The highest BCUT2D eigenvalue weighted by Gasteiger charge is 1.99. The summed E-state index contributed by atoms with van der Waals surface area (Å²) in [6.45, 7) is 0.442. The topological polar surface area (TPSA) is 40.5 Å². The van der Waals surface area contributed by atoms with Crippen LogP contribution in [-0.4, -0.2) is 34.9 Å². The molecule has 22 heavy (non-hydrogen) atoms. The molecule has 4 heteroatoms. The SMILES string of the molecule is OCCSc1ccc(CCc2ccc(SCCO)cc2)cc1. The standard InChI is InChI=1S/C18H22O2S2/c19-11-13-21-17-7-3-15(4-8-17)1-2-16-5-9-18(10-6-16)22-14-12-20/h3-10,19-20H,1-2,11-14H2. The zero-order valence-electron chi connectivity index (χ0n) is 12.6. The van der Waals surface area contributed by atoms with Gasteiger partial charge >= 0.3 is 0 Å². The van der Waals surface area contributed by atoms with Gasteiger partial charge in [0.15, 0.2) is 0 Å². The first-order valence-corrected chi connectivity index (χ1v) is 9.44. The van der Waals surface area contributed by atoms with Crippen LogP contribution in [0.5, 0.6) is 0 Å². The van der Waals surface area contributed by atoms with E-state index in [0.717, 1.165) is 24.3 Å². The number of aliphatic hydroxyl groups is 2. The predicted molar refractivity (Wildman–Crippen MR) is 95.9 cm³/mol. The van der Waals surface area contributed by atoms with Gasteiger partial charge in [-0.05, 0) is 48.2 Å². The molecule has 0 aliphatic heterocycles. The molecule has 0 aromatic heterocycles. The molecule has 2 rings (SSSR count). The van der Waals surface area contributed by atoms with Gasteiger partial charge in [-0.1, -0.05) is 24.3 Å². The maximum Gasteiger partial charge on any atom is 0.0525 e. The molecule has 0 aliphatic rings. The van der Waals surface area contributed by atoms with Crippen molar-refractivity contribution in [3.8, 4) is 0 Å². The molecule has 0 saturated carbocycles. The average molecular weight is 335 g/mol. The molecule has 2 N–H and O–H groups in total. The summed E-state index contributed by atoms with van der Waals surface area (Å²) in [6.07, 6.45) is 2.07. The number of hydrogen-bond donors (Lipinski definition) is 2. The Labute approximate surface area is 141 Å². The third-order valence-electron chi connectivity index (χ3n) is 3.27. The zero-order valence-corrected chi connectivity index (χ0v) is 14.2. The number of aliphatic hydroxyl groups excluding tert-OH is 2. The minimum Gasteiger partial charge on any atom is -0.396 e. The molecule has 2 nitrogen and oxygen atoms in total. The molecule has 0 bridgehead atoms. The quantitative estimate of drug-likeness (QED) is 0.687. The second-order valence-electron chi connectivity index (χ2n) is 4.93. The van der Waals surface area contributed by atoms with E-state index >= 15 is 0 Å². The van der Waals surface area contributed by atoms with Gasteiger partial charge < -0.3 is 10.2 Å². The molecule has 0 amide bonds. The van der Waals surface area contributed by atoms with Crippen molar-refractivity contribution in [1.82, 2.24) is 0 Å². The van der Waals surface area contributed by atoms with Crippen molar-refractivity contribution < 1.29 is 10.2 Å². The van der Waals surface area contributed by atoms with Gasteiger partial charge in [-0.3, -0.25) is 0 Å². The molecular formula is C18H22O2S2. The van der Waals surface area contributed by atoms with Gasteiger partial charge in [0, 0.05) is 21.3 Å². The second-order valence-corrected chi connectivity index (χ2v) is 7.27. The highest BCUT2D eigenvalue weighted by molar-refractivity contribution is 7.99. The second kappa shape index (κ2) is 9.95. The molecule has 0 aliphatic carbocycles. The largest absolute Gasteiger partial charge is 0.396 e. The molecule has 118 valence electrons. The van der Waals surface area contributed by atoms with Crippen molar-refractivity contribution >= 4 is 23.5 Å². The number of rotatable bonds is 9. The summed E-state index contributed by atoms with van der Waals surface area (Å²) in [4.78, 5) is 2.42. The number of benzene rings is 2. The maximum absolute atomic E-state index is 8.82. The highest BCUT2D eigenvalue weighted by Crippen LogP contribution is 2.20. The minimum absolute atomic E-state index is 0.221. The van der Waals surface area contributed by atoms with Gasteiger partial charge in [0.2, 0.25) is 0 Å². The first-order chi connectivity index (χ1) is 10.8. The van der Waals surface area contributed by atoms with E-state index < -0.39 is 0 Å². The lowest BCUT2D eigenvalue weighted by molar-refractivity contribution is 0.322. The van der Waals surface area contributed by atoms with E-state index in [1.807, 2.05) is 0 Å². The third-order valence-corrected chi connectivity index (χ3v) is 5.25. The Morgan fingerprint density at radius 3 is 1.27 bits per heavy atom. The van der Waals surface area contributed by atoms with Crippen molar-refractivity contribution in [3.63, 3.8) is 0 Å². The smallest absolute Gasteiger partial charge is 0.0525 e. The lowest BCUT2D eigenvalue weighted by atomic mass is 10.0. The van der Waals surface area contributed by atoms with Gasteiger partial charge in [-0.2, -0.15) is 0 Å². The van der Waals surface area contributed by atoms with Crippen LogP contribution >= 0.6 is 23.5 Å². The summed E-state index contributed by atoms with van der Waals surface area (Å²) in [5.74, 6) is 1.50. The third kappa shape index (κ3) is 6.05. The Balaban J connectivity index is 1.81. The van der Waals surface area contributed by atoms with Crippen molar-refractivity contribution in [2.24, 2.45) is 0 Å². The molecule has 0 saturated heterocycles. The summed E-state index contributed by atoms with van der Waals surface area (Å²) in [5, 5.41) is 17.6. The number of thioether (sulfide) groups is 2. The fraction of sp³-hybridized carbons (Fsp3) is 0.333. The molecule has 0 fully saturated rings.